The molecule has 3 aromatic rings. The van der Waals surface area contributed by atoms with E-state index in [0.29, 0.717) is 17.1 Å². The van der Waals surface area contributed by atoms with Gasteiger partial charge in [-0.2, -0.15) is 0 Å². The third-order valence-corrected chi connectivity index (χ3v) is 7.42. The molecule has 0 spiro atoms. The van der Waals surface area contributed by atoms with Gasteiger partial charge in [0.05, 0.1) is 5.69 Å². The molecular formula is C27H26ClN3OS. The summed E-state index contributed by atoms with van der Waals surface area (Å²) in [5.74, 6) is 0.941. The molecule has 1 fully saturated rings. The first-order valence-electron chi connectivity index (χ1n) is 11.4. The first-order chi connectivity index (χ1) is 16.2. The number of hydrogen-bond donors (Lipinski definition) is 1. The highest BCUT2D eigenvalue weighted by Gasteiger charge is 2.23. The van der Waals surface area contributed by atoms with E-state index in [-0.39, 0.29) is 5.91 Å². The smallest absolute Gasteiger partial charge is 0.251 e. The predicted octanol–water partition coefficient (Wildman–Crippen LogP) is 6.34. The van der Waals surface area contributed by atoms with Gasteiger partial charge in [0.15, 0.2) is 0 Å². The molecule has 2 aliphatic rings. The number of likely N-dealkylation sites (tertiary alicyclic amines) is 1. The second-order valence-corrected chi connectivity index (χ2v) is 9.92. The van der Waals surface area contributed by atoms with E-state index in [1.807, 2.05) is 42.5 Å². The van der Waals surface area contributed by atoms with Crippen LogP contribution in [-0.2, 0) is 6.42 Å². The summed E-state index contributed by atoms with van der Waals surface area (Å²) in [7, 11) is 0. The summed E-state index contributed by atoms with van der Waals surface area (Å²) in [6.45, 7) is 2.60. The fourth-order valence-electron chi connectivity index (χ4n) is 4.33. The summed E-state index contributed by atoms with van der Waals surface area (Å²) < 4.78 is 0. The summed E-state index contributed by atoms with van der Waals surface area (Å²) in [4.78, 5) is 22.7. The van der Waals surface area contributed by atoms with E-state index in [0.717, 1.165) is 41.5 Å². The van der Waals surface area contributed by atoms with Gasteiger partial charge in [-0.1, -0.05) is 53.7 Å². The van der Waals surface area contributed by atoms with Crippen molar-refractivity contribution in [3.05, 3.63) is 88.4 Å². The summed E-state index contributed by atoms with van der Waals surface area (Å²) in [5, 5.41) is 3.75. The Morgan fingerprint density at radius 2 is 1.82 bits per heavy atom. The maximum atomic E-state index is 12.9. The molecule has 0 atom stereocenters. The number of rotatable bonds is 4. The molecule has 0 unspecified atom stereocenters. The van der Waals surface area contributed by atoms with Gasteiger partial charge in [-0.3, -0.25) is 4.79 Å². The molecule has 1 N–H and O–H groups in total. The van der Waals surface area contributed by atoms with Crippen molar-refractivity contribution in [2.75, 3.05) is 19.6 Å². The maximum Gasteiger partial charge on any atom is 0.251 e. The Morgan fingerprint density at radius 1 is 0.970 bits per heavy atom. The molecule has 0 saturated carbocycles. The third kappa shape index (κ3) is 5.10. The molecule has 0 radical (unpaired) electrons. The largest absolute Gasteiger partial charge is 0.356 e. The SMILES string of the molecule is O=C(NCCc1cccc(Cl)c1)c1ccc2c(c1)N=C(N1CCCCC1)c1ccccc1S2. The van der Waals surface area contributed by atoms with Crippen LogP contribution in [0.2, 0.25) is 5.02 Å². The van der Waals surface area contributed by atoms with Gasteiger partial charge >= 0.3 is 0 Å². The molecule has 2 heterocycles. The van der Waals surface area contributed by atoms with Crippen LogP contribution in [0.5, 0.6) is 0 Å². The first-order valence-corrected chi connectivity index (χ1v) is 12.6. The summed E-state index contributed by atoms with van der Waals surface area (Å²) in [6.07, 6.45) is 4.39. The van der Waals surface area contributed by atoms with E-state index in [4.69, 9.17) is 16.6 Å². The van der Waals surface area contributed by atoms with Gasteiger partial charge in [0, 0.05) is 45.6 Å². The summed E-state index contributed by atoms with van der Waals surface area (Å²) >= 11 is 7.78. The molecule has 0 bridgehead atoms. The van der Waals surface area contributed by atoms with Crippen LogP contribution in [0.3, 0.4) is 0 Å². The highest BCUT2D eigenvalue weighted by molar-refractivity contribution is 7.99. The van der Waals surface area contributed by atoms with Gasteiger partial charge in [-0.25, -0.2) is 4.99 Å². The van der Waals surface area contributed by atoms with Crippen molar-refractivity contribution in [1.29, 1.82) is 0 Å². The number of aliphatic imine (C=N–C) groups is 1. The number of piperidine rings is 1. The van der Waals surface area contributed by atoms with Gasteiger partial charge in [-0.05, 0) is 67.6 Å². The number of halogens is 1. The van der Waals surface area contributed by atoms with Crippen molar-refractivity contribution >= 4 is 40.8 Å². The first kappa shape index (κ1) is 22.1. The molecule has 2 aliphatic heterocycles. The highest BCUT2D eigenvalue weighted by atomic mass is 35.5. The second-order valence-electron chi connectivity index (χ2n) is 8.40. The Labute approximate surface area is 204 Å². The molecule has 33 heavy (non-hydrogen) atoms. The Morgan fingerprint density at radius 3 is 2.67 bits per heavy atom. The van der Waals surface area contributed by atoms with Crippen LogP contribution in [0, 0.1) is 0 Å². The second kappa shape index (κ2) is 10.0. The molecular weight excluding hydrogens is 450 g/mol. The van der Waals surface area contributed by atoms with Crippen molar-refractivity contribution in [3.8, 4) is 0 Å². The zero-order valence-electron chi connectivity index (χ0n) is 18.4. The van der Waals surface area contributed by atoms with E-state index >= 15 is 0 Å². The minimum atomic E-state index is -0.0821. The molecule has 1 amide bonds. The van der Waals surface area contributed by atoms with E-state index in [9.17, 15) is 4.79 Å². The van der Waals surface area contributed by atoms with Crippen LogP contribution in [0.1, 0.15) is 40.7 Å². The van der Waals surface area contributed by atoms with E-state index in [1.165, 1.54) is 29.7 Å². The van der Waals surface area contributed by atoms with Crippen LogP contribution in [0.25, 0.3) is 0 Å². The van der Waals surface area contributed by atoms with Crippen LogP contribution in [-0.4, -0.2) is 36.3 Å². The third-order valence-electron chi connectivity index (χ3n) is 6.04. The Bertz CT molecular complexity index is 1200. The number of amides is 1. The number of benzene rings is 3. The van der Waals surface area contributed by atoms with Gasteiger partial charge in [0.25, 0.3) is 5.91 Å². The lowest BCUT2D eigenvalue weighted by molar-refractivity contribution is 0.0954. The van der Waals surface area contributed by atoms with Gasteiger partial charge in [-0.15, -0.1) is 0 Å². The zero-order valence-corrected chi connectivity index (χ0v) is 20.0. The van der Waals surface area contributed by atoms with E-state index < -0.39 is 0 Å². The molecule has 1 saturated heterocycles. The van der Waals surface area contributed by atoms with Crippen LogP contribution >= 0.6 is 23.4 Å². The molecule has 0 aromatic heterocycles. The fourth-order valence-corrected chi connectivity index (χ4v) is 5.54. The van der Waals surface area contributed by atoms with Gasteiger partial charge < -0.3 is 10.2 Å². The van der Waals surface area contributed by atoms with Crippen LogP contribution in [0.4, 0.5) is 5.69 Å². The quantitative estimate of drug-likeness (QED) is 0.478. The number of fused-ring (bicyclic) bond motifs is 2. The minimum absolute atomic E-state index is 0.0821. The Kier molecular flexibility index (Phi) is 6.70. The number of nitrogens with zero attached hydrogens (tertiary/aromatic N) is 2. The lowest BCUT2D eigenvalue weighted by Gasteiger charge is -2.30. The van der Waals surface area contributed by atoms with E-state index in [2.05, 4.69) is 34.5 Å². The topological polar surface area (TPSA) is 44.7 Å². The van der Waals surface area contributed by atoms with Crippen molar-refractivity contribution < 1.29 is 4.79 Å². The summed E-state index contributed by atoms with van der Waals surface area (Å²) in [5.41, 5.74) is 3.77. The van der Waals surface area contributed by atoms with Crippen molar-refractivity contribution in [2.45, 2.75) is 35.5 Å². The van der Waals surface area contributed by atoms with E-state index in [1.54, 1.807) is 11.8 Å². The monoisotopic (exact) mass is 475 g/mol. The maximum absolute atomic E-state index is 12.9. The standard InChI is InChI=1S/C27H26ClN3OS/c28-21-8-6-7-19(17-21)13-14-29-27(32)20-11-12-25-23(18-20)30-26(31-15-4-1-5-16-31)22-9-2-3-10-24(22)33-25/h2-3,6-12,17-18H,1,4-5,13-16H2,(H,29,32). The van der Waals surface area contributed by atoms with Gasteiger partial charge in [0.2, 0.25) is 0 Å². The predicted molar refractivity (Wildman–Crippen MR) is 136 cm³/mol. The normalized spacial score (nSPS) is 15.2. The number of nitrogens with one attached hydrogen (secondary N) is 1. The van der Waals surface area contributed by atoms with Crippen molar-refractivity contribution in [1.82, 2.24) is 10.2 Å². The highest BCUT2D eigenvalue weighted by Crippen LogP contribution is 2.41. The Balaban J connectivity index is 1.38. The average Bonchev–Trinajstić information content (AvgIpc) is 3.01. The molecule has 0 aliphatic carbocycles. The molecule has 5 rings (SSSR count). The molecule has 6 heteroatoms. The number of amidine groups is 1. The number of carbonyl (C=O) groups excluding carboxylic acids is 1. The Hall–Kier alpha value is -2.76. The summed E-state index contributed by atoms with van der Waals surface area (Å²) in [6, 6.07) is 22.0. The minimum Gasteiger partial charge on any atom is -0.356 e. The molecule has 3 aromatic carbocycles. The van der Waals surface area contributed by atoms with Gasteiger partial charge in [0.1, 0.15) is 5.84 Å². The van der Waals surface area contributed by atoms with Crippen molar-refractivity contribution in [3.63, 3.8) is 0 Å². The molecule has 168 valence electrons. The fraction of sp³-hybridized carbons (Fsp3) is 0.259. The van der Waals surface area contributed by atoms with Crippen LogP contribution < -0.4 is 5.32 Å². The lowest BCUT2D eigenvalue weighted by atomic mass is 10.1. The average molecular weight is 476 g/mol. The molecule has 4 nitrogen and oxygen atoms in total. The van der Waals surface area contributed by atoms with Crippen LogP contribution in [0.15, 0.2) is 81.5 Å². The van der Waals surface area contributed by atoms with Crippen molar-refractivity contribution in [2.24, 2.45) is 4.99 Å². The lowest BCUT2D eigenvalue weighted by Crippen LogP contribution is -2.36. The number of carbonyl (C=O) groups is 1. The number of hydrogen-bond acceptors (Lipinski definition) is 4. The zero-order chi connectivity index (χ0) is 22.6.